The summed E-state index contributed by atoms with van der Waals surface area (Å²) in [6.45, 7) is 0.599. The van der Waals surface area contributed by atoms with Crippen molar-refractivity contribution in [2.24, 2.45) is 0 Å². The molecular weight excluding hydrogens is 448 g/mol. The normalized spacial score (nSPS) is 11.4. The summed E-state index contributed by atoms with van der Waals surface area (Å²) in [5.74, 6) is 0.339. The molecule has 0 saturated heterocycles. The van der Waals surface area contributed by atoms with Gasteiger partial charge in [-0.15, -0.1) is 0 Å². The number of sulfonamides is 1. The van der Waals surface area contributed by atoms with E-state index < -0.39 is 15.9 Å². The van der Waals surface area contributed by atoms with Gasteiger partial charge in [-0.05, 0) is 47.9 Å². The number of carbonyl (C=O) groups is 1. The zero-order valence-corrected chi connectivity index (χ0v) is 19.5. The Labute approximate surface area is 193 Å². The average molecular weight is 473 g/mol. The molecule has 0 unspecified atom stereocenters. The van der Waals surface area contributed by atoms with Crippen LogP contribution in [0.25, 0.3) is 0 Å². The molecule has 0 spiro atoms. The van der Waals surface area contributed by atoms with E-state index in [0.29, 0.717) is 13.0 Å². The van der Waals surface area contributed by atoms with Crippen LogP contribution in [0.5, 0.6) is 5.75 Å². The Morgan fingerprint density at radius 1 is 1.00 bits per heavy atom. The maximum Gasteiger partial charge on any atom is 0.252 e. The standard InChI is InChI=1S/C24H25ClN2O4S/c1-27(17-19-6-4-3-5-7-19)32(29,30)21-12-13-23(25)22(16-21)24(28)26-15-14-18-8-10-20(31-2)11-9-18/h3-13,16H,14-15,17H2,1-2H3,(H,26,28). The molecule has 0 atom stereocenters. The molecule has 168 valence electrons. The van der Waals surface area contributed by atoms with Crippen molar-refractivity contribution in [1.29, 1.82) is 0 Å². The molecule has 8 heteroatoms. The molecule has 0 aliphatic heterocycles. The quantitative estimate of drug-likeness (QED) is 0.507. The largest absolute Gasteiger partial charge is 0.497 e. The van der Waals surface area contributed by atoms with Gasteiger partial charge in [0.15, 0.2) is 0 Å². The topological polar surface area (TPSA) is 75.7 Å². The van der Waals surface area contributed by atoms with Crippen LogP contribution in [0.15, 0.2) is 77.7 Å². The molecule has 0 saturated carbocycles. The Balaban J connectivity index is 1.68. The fraction of sp³-hybridized carbons (Fsp3) is 0.208. The SMILES string of the molecule is COc1ccc(CCNC(=O)c2cc(S(=O)(=O)N(C)Cc3ccccc3)ccc2Cl)cc1. The Hall–Kier alpha value is -2.87. The van der Waals surface area contributed by atoms with E-state index in [-0.39, 0.29) is 22.0 Å². The number of hydrogen-bond acceptors (Lipinski definition) is 4. The second-order valence-corrected chi connectivity index (χ2v) is 9.69. The number of nitrogens with one attached hydrogen (secondary N) is 1. The molecule has 3 rings (SSSR count). The van der Waals surface area contributed by atoms with Gasteiger partial charge in [0.2, 0.25) is 10.0 Å². The Morgan fingerprint density at radius 3 is 2.34 bits per heavy atom. The lowest BCUT2D eigenvalue weighted by Crippen LogP contribution is -2.28. The molecule has 0 aliphatic rings. The molecule has 6 nitrogen and oxygen atoms in total. The summed E-state index contributed by atoms with van der Waals surface area (Å²) in [7, 11) is -0.688. The summed E-state index contributed by atoms with van der Waals surface area (Å²) in [5.41, 5.74) is 2.02. The van der Waals surface area contributed by atoms with Gasteiger partial charge in [0, 0.05) is 20.1 Å². The van der Waals surface area contributed by atoms with E-state index in [1.54, 1.807) is 7.11 Å². The van der Waals surface area contributed by atoms with Gasteiger partial charge in [0.1, 0.15) is 5.75 Å². The van der Waals surface area contributed by atoms with Crippen LogP contribution in [0.3, 0.4) is 0 Å². The highest BCUT2D eigenvalue weighted by molar-refractivity contribution is 7.89. The van der Waals surface area contributed by atoms with E-state index in [1.165, 1.54) is 29.6 Å². The molecule has 1 amide bonds. The maximum atomic E-state index is 13.0. The number of hydrogen-bond donors (Lipinski definition) is 1. The predicted molar refractivity (Wildman–Crippen MR) is 126 cm³/mol. The minimum atomic E-state index is -3.80. The van der Waals surface area contributed by atoms with Crippen molar-refractivity contribution < 1.29 is 17.9 Å². The van der Waals surface area contributed by atoms with Crippen molar-refractivity contribution in [3.63, 3.8) is 0 Å². The fourth-order valence-electron chi connectivity index (χ4n) is 3.15. The minimum Gasteiger partial charge on any atom is -0.497 e. The summed E-state index contributed by atoms with van der Waals surface area (Å²) < 4.78 is 32.4. The lowest BCUT2D eigenvalue weighted by atomic mass is 10.1. The highest BCUT2D eigenvalue weighted by Crippen LogP contribution is 2.23. The smallest absolute Gasteiger partial charge is 0.252 e. The van der Waals surface area contributed by atoms with Crippen molar-refractivity contribution in [2.75, 3.05) is 20.7 Å². The predicted octanol–water partition coefficient (Wildman–Crippen LogP) is 4.14. The first kappa shape index (κ1) is 23.8. The molecule has 32 heavy (non-hydrogen) atoms. The molecule has 0 fully saturated rings. The number of halogens is 1. The van der Waals surface area contributed by atoms with Gasteiger partial charge in [-0.2, -0.15) is 4.31 Å². The van der Waals surface area contributed by atoms with Gasteiger partial charge in [-0.1, -0.05) is 54.1 Å². The minimum absolute atomic E-state index is 0.0145. The number of benzene rings is 3. The summed E-state index contributed by atoms with van der Waals surface area (Å²) in [5, 5.41) is 2.99. The van der Waals surface area contributed by atoms with Gasteiger partial charge in [-0.3, -0.25) is 4.79 Å². The third kappa shape index (κ3) is 5.88. The van der Waals surface area contributed by atoms with E-state index in [1.807, 2.05) is 54.6 Å². The van der Waals surface area contributed by atoms with Crippen LogP contribution in [0, 0.1) is 0 Å². The van der Waals surface area contributed by atoms with E-state index in [2.05, 4.69) is 5.32 Å². The van der Waals surface area contributed by atoms with E-state index >= 15 is 0 Å². The molecule has 3 aromatic carbocycles. The lowest BCUT2D eigenvalue weighted by molar-refractivity contribution is 0.0954. The summed E-state index contributed by atoms with van der Waals surface area (Å²) in [4.78, 5) is 12.7. The van der Waals surface area contributed by atoms with Gasteiger partial charge in [-0.25, -0.2) is 8.42 Å². The van der Waals surface area contributed by atoms with E-state index in [4.69, 9.17) is 16.3 Å². The summed E-state index contributed by atoms with van der Waals surface area (Å²) in [6.07, 6.45) is 0.616. The highest BCUT2D eigenvalue weighted by Gasteiger charge is 2.23. The van der Waals surface area contributed by atoms with Gasteiger partial charge < -0.3 is 10.1 Å². The average Bonchev–Trinajstić information content (AvgIpc) is 2.80. The van der Waals surface area contributed by atoms with Crippen LogP contribution in [0.4, 0.5) is 0 Å². The van der Waals surface area contributed by atoms with Crippen molar-refractivity contribution in [3.8, 4) is 5.75 Å². The van der Waals surface area contributed by atoms with Gasteiger partial charge >= 0.3 is 0 Å². The molecule has 0 heterocycles. The van der Waals surface area contributed by atoms with Crippen molar-refractivity contribution in [1.82, 2.24) is 9.62 Å². The molecule has 0 aliphatic carbocycles. The second-order valence-electron chi connectivity index (χ2n) is 7.24. The van der Waals surface area contributed by atoms with Crippen LogP contribution in [0.1, 0.15) is 21.5 Å². The molecule has 0 bridgehead atoms. The van der Waals surface area contributed by atoms with Crippen LogP contribution >= 0.6 is 11.6 Å². The first-order valence-corrected chi connectivity index (χ1v) is 11.8. The number of nitrogens with zero attached hydrogens (tertiary/aromatic N) is 1. The zero-order valence-electron chi connectivity index (χ0n) is 17.9. The van der Waals surface area contributed by atoms with E-state index in [0.717, 1.165) is 16.9 Å². The van der Waals surface area contributed by atoms with Crippen LogP contribution in [-0.2, 0) is 23.0 Å². The Morgan fingerprint density at radius 2 is 1.69 bits per heavy atom. The number of amides is 1. The number of rotatable bonds is 9. The number of carbonyl (C=O) groups excluding carboxylic acids is 1. The number of methoxy groups -OCH3 is 1. The van der Waals surface area contributed by atoms with E-state index in [9.17, 15) is 13.2 Å². The monoisotopic (exact) mass is 472 g/mol. The number of ether oxygens (including phenoxy) is 1. The zero-order chi connectivity index (χ0) is 23.1. The first-order chi connectivity index (χ1) is 15.3. The third-order valence-corrected chi connectivity index (χ3v) is 7.13. The molecular formula is C24H25ClN2O4S. The maximum absolute atomic E-state index is 13.0. The summed E-state index contributed by atoms with van der Waals surface area (Å²) in [6, 6.07) is 21.0. The Bertz CT molecular complexity index is 1170. The fourth-order valence-corrected chi connectivity index (χ4v) is 4.54. The molecule has 0 radical (unpaired) electrons. The van der Waals surface area contributed by atoms with Crippen LogP contribution in [0.2, 0.25) is 5.02 Å². The lowest BCUT2D eigenvalue weighted by Gasteiger charge is -2.18. The molecule has 3 aromatic rings. The van der Waals surface area contributed by atoms with Crippen molar-refractivity contribution in [3.05, 3.63) is 94.5 Å². The van der Waals surface area contributed by atoms with Crippen LogP contribution < -0.4 is 10.1 Å². The first-order valence-electron chi connectivity index (χ1n) is 10.0. The molecule has 0 aromatic heterocycles. The second kappa shape index (κ2) is 10.6. The summed E-state index contributed by atoms with van der Waals surface area (Å²) >= 11 is 6.20. The van der Waals surface area contributed by atoms with Crippen LogP contribution in [-0.4, -0.2) is 39.3 Å². The van der Waals surface area contributed by atoms with Gasteiger partial charge in [0.05, 0.1) is 22.6 Å². The van der Waals surface area contributed by atoms with Crippen molar-refractivity contribution in [2.45, 2.75) is 17.9 Å². The third-order valence-electron chi connectivity index (χ3n) is 5.00. The van der Waals surface area contributed by atoms with Crippen molar-refractivity contribution >= 4 is 27.5 Å². The Kier molecular flexibility index (Phi) is 7.90. The van der Waals surface area contributed by atoms with Gasteiger partial charge in [0.25, 0.3) is 5.91 Å². The molecule has 1 N–H and O–H groups in total. The highest BCUT2D eigenvalue weighted by atomic mass is 35.5.